The zero-order chi connectivity index (χ0) is 18.6. The summed E-state index contributed by atoms with van der Waals surface area (Å²) in [6.45, 7) is 18.2. The predicted octanol–water partition coefficient (Wildman–Crippen LogP) is 6.46. The van der Waals surface area contributed by atoms with Crippen LogP contribution in [0.5, 0.6) is 0 Å². The van der Waals surface area contributed by atoms with E-state index in [2.05, 4.69) is 69.0 Å². The maximum absolute atomic E-state index is 4.66. The lowest BCUT2D eigenvalue weighted by Gasteiger charge is -2.30. The van der Waals surface area contributed by atoms with Gasteiger partial charge in [-0.3, -0.25) is 4.99 Å². The van der Waals surface area contributed by atoms with Crippen molar-refractivity contribution < 1.29 is 0 Å². The van der Waals surface area contributed by atoms with Gasteiger partial charge in [-0.15, -0.1) is 5.73 Å². The summed E-state index contributed by atoms with van der Waals surface area (Å²) in [4.78, 5) is 8.37. The number of allylic oxidation sites excluding steroid dienone is 4. The molecule has 0 spiro atoms. The molecule has 0 amide bonds. The van der Waals surface area contributed by atoms with Crippen LogP contribution >= 0.6 is 11.8 Å². The molecule has 0 N–H and O–H groups in total. The van der Waals surface area contributed by atoms with Gasteiger partial charge in [-0.1, -0.05) is 51.3 Å². The molecular weight excluding hydrogens is 324 g/mol. The van der Waals surface area contributed by atoms with Crippen LogP contribution in [0.4, 0.5) is 0 Å². The smallest absolute Gasteiger partial charge is 0.102 e. The van der Waals surface area contributed by atoms with E-state index in [-0.39, 0.29) is 5.41 Å². The molecular formula is C22H32N2S. The monoisotopic (exact) mass is 356 g/mol. The molecule has 136 valence electrons. The first-order valence-corrected chi connectivity index (χ1v) is 10.1. The molecule has 0 aromatic carbocycles. The quantitative estimate of drug-likeness (QED) is 0.401. The Balaban J connectivity index is 2.36. The van der Waals surface area contributed by atoms with E-state index in [0.29, 0.717) is 6.04 Å². The summed E-state index contributed by atoms with van der Waals surface area (Å²) in [6.07, 6.45) is 10.0. The summed E-state index contributed by atoms with van der Waals surface area (Å²) in [7, 11) is 0. The van der Waals surface area contributed by atoms with Gasteiger partial charge in [0.15, 0.2) is 0 Å². The Kier molecular flexibility index (Phi) is 6.59. The van der Waals surface area contributed by atoms with Crippen LogP contribution in [-0.4, -0.2) is 23.7 Å². The highest BCUT2D eigenvalue weighted by Crippen LogP contribution is 2.46. The molecule has 2 aliphatic rings. The molecule has 2 rings (SSSR count). The van der Waals surface area contributed by atoms with E-state index in [1.165, 1.54) is 23.3 Å². The van der Waals surface area contributed by atoms with Gasteiger partial charge in [-0.05, 0) is 51.2 Å². The highest BCUT2D eigenvalue weighted by molar-refractivity contribution is 8.06. The molecule has 1 saturated heterocycles. The van der Waals surface area contributed by atoms with E-state index in [1.54, 1.807) is 11.8 Å². The van der Waals surface area contributed by atoms with Crippen LogP contribution in [-0.2, 0) is 0 Å². The predicted molar refractivity (Wildman–Crippen MR) is 113 cm³/mol. The van der Waals surface area contributed by atoms with Crippen LogP contribution in [0.2, 0.25) is 0 Å². The third-order valence-corrected chi connectivity index (χ3v) is 6.45. The van der Waals surface area contributed by atoms with Crippen molar-refractivity contribution in [3.8, 4) is 0 Å². The molecule has 0 radical (unpaired) electrons. The first-order chi connectivity index (χ1) is 11.9. The van der Waals surface area contributed by atoms with Crippen molar-refractivity contribution in [3.05, 3.63) is 51.2 Å². The highest BCUT2D eigenvalue weighted by atomic mass is 32.2. The van der Waals surface area contributed by atoms with Gasteiger partial charge in [0.25, 0.3) is 0 Å². The molecule has 0 aromatic rings. The number of rotatable bonds is 6. The molecule has 0 bridgehead atoms. The van der Waals surface area contributed by atoms with E-state index in [0.717, 1.165) is 29.3 Å². The topological polar surface area (TPSA) is 15.6 Å². The van der Waals surface area contributed by atoms with Crippen molar-refractivity contribution in [1.82, 2.24) is 4.90 Å². The van der Waals surface area contributed by atoms with E-state index >= 15 is 0 Å². The van der Waals surface area contributed by atoms with Crippen molar-refractivity contribution in [2.24, 2.45) is 10.4 Å². The van der Waals surface area contributed by atoms with Crippen LogP contribution < -0.4 is 0 Å². The molecule has 25 heavy (non-hydrogen) atoms. The van der Waals surface area contributed by atoms with Gasteiger partial charge in [0.1, 0.15) is 5.03 Å². The van der Waals surface area contributed by atoms with Crippen LogP contribution in [0.3, 0.4) is 0 Å². The number of hydrogen-bond donors (Lipinski definition) is 0. The molecule has 0 aromatic heterocycles. The fourth-order valence-corrected chi connectivity index (χ4v) is 4.53. The molecule has 1 aliphatic heterocycles. The molecule has 2 nitrogen and oxygen atoms in total. The lowest BCUT2D eigenvalue weighted by atomic mass is 9.84. The second-order valence-corrected chi connectivity index (χ2v) is 8.49. The molecule has 1 unspecified atom stereocenters. The summed E-state index contributed by atoms with van der Waals surface area (Å²) < 4.78 is 0. The Morgan fingerprint density at radius 3 is 2.72 bits per heavy atom. The van der Waals surface area contributed by atoms with Gasteiger partial charge in [0, 0.05) is 28.8 Å². The number of thioether (sulfide) groups is 1. The summed E-state index contributed by atoms with van der Waals surface area (Å²) in [5.41, 5.74) is 7.54. The summed E-state index contributed by atoms with van der Waals surface area (Å²) in [5, 5.41) is 1.08. The molecule has 1 fully saturated rings. The second-order valence-electron chi connectivity index (χ2n) is 7.40. The first kappa shape index (κ1) is 19.9. The third kappa shape index (κ3) is 4.22. The standard InChI is InChI=1S/C22H32N2S/c1-8-18(9-2)25-21(23-10-3)16(4)17(5)24-15-22(6,7)19-13-11-12-14-20(19)24/h10,13-14,17H,1,9,11-12,15H2,2-7H3/b21-16+,23-10?. The van der Waals surface area contributed by atoms with Gasteiger partial charge in [-0.2, -0.15) is 0 Å². The van der Waals surface area contributed by atoms with Crippen molar-refractivity contribution in [2.45, 2.75) is 66.8 Å². The zero-order valence-corrected chi connectivity index (χ0v) is 17.5. The Hall–Kier alpha value is -1.44. The average molecular weight is 357 g/mol. The fraction of sp³-hybridized carbons (Fsp3) is 0.545. The molecule has 1 atom stereocenters. The lowest BCUT2D eigenvalue weighted by molar-refractivity contribution is 0.282. The van der Waals surface area contributed by atoms with Crippen molar-refractivity contribution in [3.63, 3.8) is 0 Å². The van der Waals surface area contributed by atoms with E-state index in [4.69, 9.17) is 0 Å². The van der Waals surface area contributed by atoms with Gasteiger partial charge >= 0.3 is 0 Å². The lowest BCUT2D eigenvalue weighted by Crippen LogP contribution is -2.32. The van der Waals surface area contributed by atoms with Crippen LogP contribution in [0.1, 0.15) is 60.8 Å². The minimum atomic E-state index is 0.220. The van der Waals surface area contributed by atoms with E-state index < -0.39 is 0 Å². The average Bonchev–Trinajstić information content (AvgIpc) is 2.89. The van der Waals surface area contributed by atoms with Gasteiger partial charge in [0.05, 0.1) is 6.04 Å². The largest absolute Gasteiger partial charge is 0.364 e. The number of hydrogen-bond acceptors (Lipinski definition) is 3. The van der Waals surface area contributed by atoms with Crippen molar-refractivity contribution >= 4 is 18.0 Å². The van der Waals surface area contributed by atoms with Crippen LogP contribution in [0.15, 0.2) is 56.2 Å². The molecule has 1 aliphatic carbocycles. The van der Waals surface area contributed by atoms with Crippen molar-refractivity contribution in [1.29, 1.82) is 0 Å². The Labute approximate surface area is 158 Å². The molecule has 1 heterocycles. The summed E-state index contributed by atoms with van der Waals surface area (Å²) in [5.74, 6) is 0. The zero-order valence-electron chi connectivity index (χ0n) is 16.6. The van der Waals surface area contributed by atoms with Crippen molar-refractivity contribution in [2.75, 3.05) is 6.54 Å². The first-order valence-electron chi connectivity index (χ1n) is 9.29. The Morgan fingerprint density at radius 1 is 1.44 bits per heavy atom. The third-order valence-electron chi connectivity index (χ3n) is 5.15. The Bertz CT molecular complexity index is 685. The second kappa shape index (κ2) is 8.29. The molecule has 3 heteroatoms. The molecule has 0 saturated carbocycles. The van der Waals surface area contributed by atoms with Gasteiger partial charge in [-0.25, -0.2) is 0 Å². The minimum Gasteiger partial charge on any atom is -0.364 e. The minimum absolute atomic E-state index is 0.220. The summed E-state index contributed by atoms with van der Waals surface area (Å²) in [6, 6.07) is 0.323. The van der Waals surface area contributed by atoms with Crippen LogP contribution in [0, 0.1) is 5.41 Å². The van der Waals surface area contributed by atoms with Crippen LogP contribution in [0.25, 0.3) is 0 Å². The number of likely N-dealkylation sites (tertiary alicyclic amines) is 1. The number of fused-ring (bicyclic) bond motifs is 1. The SMILES string of the molecule is C=C=C(CC)S/C(N=CC)=C(\C)C(C)N1CC(C)(C)C2=CCCC=C21. The Morgan fingerprint density at radius 2 is 2.12 bits per heavy atom. The summed E-state index contributed by atoms with van der Waals surface area (Å²) >= 11 is 1.70. The fourth-order valence-electron chi connectivity index (χ4n) is 3.59. The van der Waals surface area contributed by atoms with E-state index in [1.807, 2.05) is 13.1 Å². The number of nitrogens with zero attached hydrogens (tertiary/aromatic N) is 2. The van der Waals surface area contributed by atoms with Gasteiger partial charge in [0.2, 0.25) is 0 Å². The maximum atomic E-state index is 4.66. The maximum Gasteiger partial charge on any atom is 0.102 e. The highest BCUT2D eigenvalue weighted by Gasteiger charge is 2.40. The normalized spacial score (nSPS) is 21.3. The van der Waals surface area contributed by atoms with Gasteiger partial charge < -0.3 is 4.90 Å². The number of aliphatic imine (C=N–C) groups is 1. The van der Waals surface area contributed by atoms with E-state index in [9.17, 15) is 0 Å².